The Kier molecular flexibility index (Phi) is 7.62. The van der Waals surface area contributed by atoms with E-state index in [1.807, 2.05) is 28.7 Å². The van der Waals surface area contributed by atoms with Crippen molar-refractivity contribution in [1.82, 2.24) is 0 Å². The Labute approximate surface area is 291 Å². The van der Waals surface area contributed by atoms with Gasteiger partial charge in [-0.05, 0) is 96.3 Å². The normalized spacial score (nSPS) is 27.9. The van der Waals surface area contributed by atoms with Gasteiger partial charge in [0.2, 0.25) is 23.6 Å². The second-order valence-corrected chi connectivity index (χ2v) is 14.2. The average Bonchev–Trinajstić information content (AvgIpc) is 3.43. The number of imide groups is 2. The van der Waals surface area contributed by atoms with Crippen LogP contribution in [0.5, 0.6) is 11.5 Å². The molecule has 2 aliphatic heterocycles. The number of carbonyl (C=O) groups excluding carboxylic acids is 4. The Morgan fingerprint density at radius 3 is 2.33 bits per heavy atom. The highest BCUT2D eigenvalue weighted by molar-refractivity contribution is 14.1. The van der Waals surface area contributed by atoms with E-state index in [1.54, 1.807) is 19.1 Å². The molecular formula is C34H26ClFIN3O8. The van der Waals surface area contributed by atoms with Crippen molar-refractivity contribution in [1.29, 1.82) is 0 Å². The van der Waals surface area contributed by atoms with Crippen LogP contribution in [0.1, 0.15) is 31.2 Å². The number of nitro benzene ring substituents is 1. The molecule has 0 spiro atoms. The van der Waals surface area contributed by atoms with E-state index in [2.05, 4.69) is 0 Å². The van der Waals surface area contributed by atoms with E-state index in [9.17, 15) is 38.8 Å². The summed E-state index contributed by atoms with van der Waals surface area (Å²) in [6.07, 6.45) is 2.15. The van der Waals surface area contributed by atoms with E-state index in [1.165, 1.54) is 43.5 Å². The standard InChI is InChI=1S/C34H26ClFIN3O8/c1-34-22(31(43)39(33(34)45)18-7-10-24(36)23(35)13-18)14-21-19(28(34)15-11-25(37)29(41)26(12-15)48-2)8-9-20-27(21)32(44)38(30(20)42)16-3-5-17(6-4-16)40(46)47/h3-8,10-13,20-22,27-28,41H,9,14H2,1-2H3/t20-,21+,22-,27-,28-,34+/m0/s1. The lowest BCUT2D eigenvalue weighted by molar-refractivity contribution is -0.384. The first-order valence-electron chi connectivity index (χ1n) is 15.0. The van der Waals surface area contributed by atoms with Gasteiger partial charge in [-0.25, -0.2) is 9.29 Å². The summed E-state index contributed by atoms with van der Waals surface area (Å²) in [5.41, 5.74) is 0.0134. The summed E-state index contributed by atoms with van der Waals surface area (Å²) < 4.78 is 20.0. The second-order valence-electron chi connectivity index (χ2n) is 12.6. The molecule has 11 nitrogen and oxygen atoms in total. The van der Waals surface area contributed by atoms with Crippen LogP contribution in [-0.4, -0.2) is 40.8 Å². The van der Waals surface area contributed by atoms with Crippen molar-refractivity contribution >= 4 is 74.9 Å². The zero-order valence-corrected chi connectivity index (χ0v) is 28.3. The van der Waals surface area contributed by atoms with Crippen molar-refractivity contribution in [3.63, 3.8) is 0 Å². The molecule has 0 unspecified atom stereocenters. The molecule has 2 heterocycles. The molecule has 0 aromatic heterocycles. The Morgan fingerprint density at radius 2 is 1.69 bits per heavy atom. The van der Waals surface area contributed by atoms with Crippen molar-refractivity contribution in [2.75, 3.05) is 16.9 Å². The third-order valence-corrected chi connectivity index (χ3v) is 11.5. The van der Waals surface area contributed by atoms with Gasteiger partial charge in [-0.15, -0.1) is 0 Å². The number of anilines is 2. The van der Waals surface area contributed by atoms with Gasteiger partial charge in [-0.1, -0.05) is 23.3 Å². The van der Waals surface area contributed by atoms with Crippen LogP contribution in [0.3, 0.4) is 0 Å². The van der Waals surface area contributed by atoms with Gasteiger partial charge >= 0.3 is 0 Å². The van der Waals surface area contributed by atoms with Gasteiger partial charge in [-0.3, -0.25) is 34.2 Å². The van der Waals surface area contributed by atoms with Crippen molar-refractivity contribution in [3.05, 3.63) is 96.3 Å². The molecule has 3 aromatic carbocycles. The largest absolute Gasteiger partial charge is 0.504 e. The minimum Gasteiger partial charge on any atom is -0.504 e. The molecule has 0 bridgehead atoms. The zero-order chi connectivity index (χ0) is 34.4. The number of hydrogen-bond donors (Lipinski definition) is 1. The summed E-state index contributed by atoms with van der Waals surface area (Å²) >= 11 is 8.02. The number of phenols is 1. The Morgan fingerprint density at radius 1 is 1.00 bits per heavy atom. The third kappa shape index (κ3) is 4.50. The van der Waals surface area contributed by atoms with Gasteiger partial charge in [0, 0.05) is 18.1 Å². The summed E-state index contributed by atoms with van der Waals surface area (Å²) in [7, 11) is 1.40. The minimum atomic E-state index is -1.39. The Bertz CT molecular complexity index is 2000. The molecule has 4 aliphatic rings. The summed E-state index contributed by atoms with van der Waals surface area (Å²) in [6.45, 7) is 1.70. The number of aromatic hydroxyl groups is 1. The predicted molar refractivity (Wildman–Crippen MR) is 179 cm³/mol. The number of nitro groups is 1. The second kappa shape index (κ2) is 11.4. The molecule has 246 valence electrons. The molecule has 1 saturated carbocycles. The van der Waals surface area contributed by atoms with Crippen LogP contribution in [0.2, 0.25) is 5.02 Å². The molecule has 1 N–H and O–H groups in total. The fourth-order valence-corrected chi connectivity index (χ4v) is 8.96. The van der Waals surface area contributed by atoms with E-state index < -0.39 is 69.4 Å². The molecule has 4 amide bonds. The molecule has 0 radical (unpaired) electrons. The summed E-state index contributed by atoms with van der Waals surface area (Å²) in [4.78, 5) is 69.6. The number of ether oxygens (including phenoxy) is 1. The van der Waals surface area contributed by atoms with Gasteiger partial charge < -0.3 is 9.84 Å². The number of phenolic OH excluding ortho intramolecular Hbond substituents is 1. The number of methoxy groups -OCH3 is 1. The van der Waals surface area contributed by atoms with Gasteiger partial charge in [0.25, 0.3) is 5.69 Å². The molecule has 48 heavy (non-hydrogen) atoms. The van der Waals surface area contributed by atoms with Crippen LogP contribution in [0.4, 0.5) is 21.5 Å². The van der Waals surface area contributed by atoms with E-state index in [0.29, 0.717) is 14.7 Å². The number of allylic oxidation sites excluding steroid dienone is 2. The maximum Gasteiger partial charge on any atom is 0.269 e. The Hall–Kier alpha value is -4.37. The first kappa shape index (κ1) is 32.2. The monoisotopic (exact) mass is 785 g/mol. The number of amides is 4. The van der Waals surface area contributed by atoms with Crippen LogP contribution < -0.4 is 14.5 Å². The van der Waals surface area contributed by atoms with Crippen LogP contribution in [0.25, 0.3) is 0 Å². The van der Waals surface area contributed by atoms with Crippen molar-refractivity contribution in [3.8, 4) is 11.5 Å². The fraction of sp³-hybridized carbons (Fsp3) is 0.294. The highest BCUT2D eigenvalue weighted by Crippen LogP contribution is 2.64. The van der Waals surface area contributed by atoms with Crippen molar-refractivity contribution in [2.45, 2.75) is 25.7 Å². The highest BCUT2D eigenvalue weighted by atomic mass is 127. The molecule has 6 atom stereocenters. The molecule has 3 aromatic rings. The lowest BCUT2D eigenvalue weighted by Crippen LogP contribution is -2.48. The van der Waals surface area contributed by atoms with E-state index in [0.717, 1.165) is 15.9 Å². The number of carbonyl (C=O) groups is 4. The van der Waals surface area contributed by atoms with Gasteiger partial charge in [0.15, 0.2) is 11.5 Å². The highest BCUT2D eigenvalue weighted by Gasteiger charge is 2.67. The smallest absolute Gasteiger partial charge is 0.269 e. The average molecular weight is 786 g/mol. The molecule has 2 saturated heterocycles. The summed E-state index contributed by atoms with van der Waals surface area (Å²) in [6, 6.07) is 12.1. The van der Waals surface area contributed by atoms with Crippen LogP contribution in [-0.2, 0) is 19.2 Å². The van der Waals surface area contributed by atoms with Crippen LogP contribution >= 0.6 is 34.2 Å². The van der Waals surface area contributed by atoms with E-state index in [-0.39, 0.29) is 46.4 Å². The van der Waals surface area contributed by atoms with Crippen LogP contribution in [0, 0.1) is 48.6 Å². The van der Waals surface area contributed by atoms with Crippen molar-refractivity contribution < 1.29 is 38.3 Å². The van der Waals surface area contributed by atoms with Gasteiger partial charge in [0.1, 0.15) is 5.82 Å². The van der Waals surface area contributed by atoms with Gasteiger partial charge in [-0.2, -0.15) is 0 Å². The predicted octanol–water partition coefficient (Wildman–Crippen LogP) is 6.14. The molecule has 2 aliphatic carbocycles. The molecule has 7 rings (SSSR count). The molecular weight excluding hydrogens is 760 g/mol. The van der Waals surface area contributed by atoms with Crippen molar-refractivity contribution in [2.24, 2.45) is 29.1 Å². The number of non-ortho nitro benzene ring substituents is 1. The number of fused-ring (bicyclic) bond motifs is 4. The lowest BCUT2D eigenvalue weighted by Gasteiger charge is -2.49. The zero-order valence-electron chi connectivity index (χ0n) is 25.4. The number of halogens is 3. The maximum atomic E-state index is 14.6. The van der Waals surface area contributed by atoms with Gasteiger partial charge in [0.05, 0.1) is 55.2 Å². The van der Waals surface area contributed by atoms with E-state index >= 15 is 0 Å². The molecule has 14 heteroatoms. The number of hydrogen-bond acceptors (Lipinski definition) is 8. The quantitative estimate of drug-likeness (QED) is 0.107. The number of benzene rings is 3. The van der Waals surface area contributed by atoms with Crippen LogP contribution in [0.15, 0.2) is 66.2 Å². The first-order valence-corrected chi connectivity index (χ1v) is 16.5. The summed E-state index contributed by atoms with van der Waals surface area (Å²) in [5, 5.41) is 21.6. The topological polar surface area (TPSA) is 147 Å². The minimum absolute atomic E-state index is 0.0788. The first-order chi connectivity index (χ1) is 22.8. The third-order valence-electron chi connectivity index (χ3n) is 10.4. The molecule has 3 fully saturated rings. The number of rotatable bonds is 5. The summed E-state index contributed by atoms with van der Waals surface area (Å²) in [5.74, 6) is -6.64. The fourth-order valence-electron chi connectivity index (χ4n) is 8.16. The maximum absolute atomic E-state index is 14.6. The Balaban J connectivity index is 1.37. The van der Waals surface area contributed by atoms with E-state index in [4.69, 9.17) is 16.3 Å². The lowest BCUT2D eigenvalue weighted by atomic mass is 9.51. The number of nitrogens with zero attached hydrogens (tertiary/aromatic N) is 3. The SMILES string of the molecule is COc1cc([C@H]2C3=CC[C@@H]4C(=O)N(c5ccc([N+](=O)[O-])cc5)C(=O)[C@@H]4[C@@H]3C[C@H]3C(=O)N(c4ccc(F)c(Cl)c4)C(=O)[C@@]23C)cc(I)c1O.